The Kier molecular flexibility index (Phi) is 6.01. The fourth-order valence-electron chi connectivity index (χ4n) is 3.33. The average Bonchev–Trinajstić information content (AvgIpc) is 3.33. The second-order valence-electron chi connectivity index (χ2n) is 6.91. The number of carbonyl (C=O) groups excluding carboxylic acids is 2. The van der Waals surface area contributed by atoms with E-state index < -0.39 is 21.8 Å². The van der Waals surface area contributed by atoms with Crippen molar-refractivity contribution in [2.24, 2.45) is 0 Å². The van der Waals surface area contributed by atoms with Crippen LogP contribution >= 0.6 is 11.3 Å². The standard InChI is InChI=1S/C21H20N4O4S2/c26-20(23-14-17-6-1-2-10-22-17)21(27)24-16-9-8-15-5-3-11-25(18(15)13-16)31(28,29)19-7-4-12-30-19/h1-2,4,6-10,12-13H,3,5,11,14H2,(H,23,26)(H,24,27). The zero-order valence-electron chi connectivity index (χ0n) is 16.4. The number of aryl methyl sites for hydroxylation is 1. The van der Waals surface area contributed by atoms with Crippen LogP contribution in [0.25, 0.3) is 0 Å². The first-order valence-electron chi connectivity index (χ1n) is 9.63. The number of fused-ring (bicyclic) bond motifs is 1. The summed E-state index contributed by atoms with van der Waals surface area (Å²) in [5.74, 6) is -1.63. The molecule has 2 N–H and O–H groups in total. The number of pyridine rings is 1. The molecule has 3 heterocycles. The van der Waals surface area contributed by atoms with Gasteiger partial charge in [0, 0.05) is 18.4 Å². The Balaban J connectivity index is 1.49. The van der Waals surface area contributed by atoms with E-state index >= 15 is 0 Å². The molecule has 8 nitrogen and oxygen atoms in total. The summed E-state index contributed by atoms with van der Waals surface area (Å²) in [5.41, 5.74) is 2.38. The highest BCUT2D eigenvalue weighted by Gasteiger charge is 2.30. The highest BCUT2D eigenvalue weighted by atomic mass is 32.2. The van der Waals surface area contributed by atoms with Crippen LogP contribution < -0.4 is 14.9 Å². The Hall–Kier alpha value is -3.24. The van der Waals surface area contributed by atoms with E-state index in [1.807, 2.05) is 0 Å². The molecule has 0 radical (unpaired) electrons. The van der Waals surface area contributed by atoms with Crippen LogP contribution in [0.1, 0.15) is 17.7 Å². The number of aromatic nitrogens is 1. The molecular formula is C21H20N4O4S2. The summed E-state index contributed by atoms with van der Waals surface area (Å²) in [6, 6.07) is 13.6. The molecule has 4 rings (SSSR count). The monoisotopic (exact) mass is 456 g/mol. The van der Waals surface area contributed by atoms with Crippen LogP contribution in [0.3, 0.4) is 0 Å². The lowest BCUT2D eigenvalue weighted by Crippen LogP contribution is -2.36. The number of rotatable bonds is 5. The van der Waals surface area contributed by atoms with Crippen molar-refractivity contribution in [3.63, 3.8) is 0 Å². The minimum absolute atomic E-state index is 0.129. The molecule has 1 aliphatic rings. The van der Waals surface area contributed by atoms with Gasteiger partial charge in [-0.15, -0.1) is 11.3 Å². The minimum Gasteiger partial charge on any atom is -0.342 e. The number of nitrogens with one attached hydrogen (secondary N) is 2. The Morgan fingerprint density at radius 3 is 2.71 bits per heavy atom. The van der Waals surface area contributed by atoms with Gasteiger partial charge in [-0.25, -0.2) is 8.42 Å². The number of hydrogen-bond donors (Lipinski definition) is 2. The van der Waals surface area contributed by atoms with Gasteiger partial charge in [0.2, 0.25) is 0 Å². The molecule has 0 bridgehead atoms. The summed E-state index contributed by atoms with van der Waals surface area (Å²) in [6.07, 6.45) is 3.05. The van der Waals surface area contributed by atoms with E-state index in [1.165, 1.54) is 4.31 Å². The van der Waals surface area contributed by atoms with Crippen molar-refractivity contribution in [1.82, 2.24) is 10.3 Å². The number of amides is 2. The predicted molar refractivity (Wildman–Crippen MR) is 118 cm³/mol. The summed E-state index contributed by atoms with van der Waals surface area (Å²) >= 11 is 1.16. The zero-order valence-corrected chi connectivity index (χ0v) is 18.1. The van der Waals surface area contributed by atoms with Crippen LogP contribution in [0.2, 0.25) is 0 Å². The van der Waals surface area contributed by atoms with Crippen molar-refractivity contribution in [3.8, 4) is 0 Å². The van der Waals surface area contributed by atoms with Crippen LogP contribution in [0, 0.1) is 0 Å². The Morgan fingerprint density at radius 1 is 1.10 bits per heavy atom. The average molecular weight is 457 g/mol. The van der Waals surface area contributed by atoms with Crippen LogP contribution in [0.5, 0.6) is 0 Å². The second-order valence-corrected chi connectivity index (χ2v) is 9.95. The third-order valence-electron chi connectivity index (χ3n) is 4.82. The largest absolute Gasteiger partial charge is 0.342 e. The van der Waals surface area contributed by atoms with Gasteiger partial charge in [-0.1, -0.05) is 18.2 Å². The number of hydrogen-bond acceptors (Lipinski definition) is 6. The quantitative estimate of drug-likeness (QED) is 0.574. The fourth-order valence-corrected chi connectivity index (χ4v) is 5.97. The van der Waals surface area contributed by atoms with Crippen LogP contribution in [-0.2, 0) is 32.6 Å². The van der Waals surface area contributed by atoms with Crippen molar-refractivity contribution in [1.29, 1.82) is 0 Å². The molecule has 2 aromatic heterocycles. The SMILES string of the molecule is O=C(NCc1ccccn1)C(=O)Nc1ccc2c(c1)N(S(=O)(=O)c1cccs1)CCC2. The summed E-state index contributed by atoms with van der Waals surface area (Å²) in [7, 11) is -3.68. The minimum atomic E-state index is -3.68. The molecule has 0 atom stereocenters. The van der Waals surface area contributed by atoms with E-state index in [2.05, 4.69) is 15.6 Å². The van der Waals surface area contributed by atoms with E-state index in [0.29, 0.717) is 30.0 Å². The van der Waals surface area contributed by atoms with Crippen molar-refractivity contribution in [2.75, 3.05) is 16.2 Å². The van der Waals surface area contributed by atoms with Gasteiger partial charge >= 0.3 is 11.8 Å². The molecule has 1 aliphatic heterocycles. The second kappa shape index (κ2) is 8.86. The molecule has 160 valence electrons. The summed E-state index contributed by atoms with van der Waals surface area (Å²) in [6.45, 7) is 0.485. The topological polar surface area (TPSA) is 108 Å². The summed E-state index contributed by atoms with van der Waals surface area (Å²) in [4.78, 5) is 28.5. The first-order valence-corrected chi connectivity index (χ1v) is 12.0. The summed E-state index contributed by atoms with van der Waals surface area (Å²) in [5, 5.41) is 6.78. The fraction of sp³-hybridized carbons (Fsp3) is 0.190. The van der Waals surface area contributed by atoms with Gasteiger partial charge in [0.15, 0.2) is 0 Å². The van der Waals surface area contributed by atoms with Crippen molar-refractivity contribution < 1.29 is 18.0 Å². The highest BCUT2D eigenvalue weighted by molar-refractivity contribution is 7.94. The number of anilines is 2. The smallest absolute Gasteiger partial charge is 0.313 e. The van der Waals surface area contributed by atoms with Crippen LogP contribution in [0.15, 0.2) is 64.3 Å². The molecule has 0 aliphatic carbocycles. The van der Waals surface area contributed by atoms with E-state index in [0.717, 1.165) is 23.3 Å². The molecule has 31 heavy (non-hydrogen) atoms. The lowest BCUT2D eigenvalue weighted by atomic mass is 10.0. The molecule has 3 aromatic rings. The lowest BCUT2D eigenvalue weighted by molar-refractivity contribution is -0.136. The van der Waals surface area contributed by atoms with E-state index in [-0.39, 0.29) is 10.8 Å². The van der Waals surface area contributed by atoms with Gasteiger partial charge in [0.25, 0.3) is 10.0 Å². The van der Waals surface area contributed by atoms with E-state index in [4.69, 9.17) is 0 Å². The van der Waals surface area contributed by atoms with Gasteiger partial charge in [-0.05, 0) is 54.1 Å². The molecule has 1 aromatic carbocycles. The number of carbonyl (C=O) groups is 2. The van der Waals surface area contributed by atoms with Crippen molar-refractivity contribution in [2.45, 2.75) is 23.6 Å². The molecule has 0 spiro atoms. The van der Waals surface area contributed by atoms with Gasteiger partial charge in [0.1, 0.15) is 4.21 Å². The molecule has 0 fully saturated rings. The van der Waals surface area contributed by atoms with Gasteiger partial charge in [-0.2, -0.15) is 0 Å². The maximum atomic E-state index is 13.1. The predicted octanol–water partition coefficient (Wildman–Crippen LogP) is 2.54. The highest BCUT2D eigenvalue weighted by Crippen LogP contribution is 2.35. The van der Waals surface area contributed by atoms with Gasteiger partial charge in [-0.3, -0.25) is 18.9 Å². The first kappa shape index (κ1) is 21.0. The maximum Gasteiger partial charge on any atom is 0.313 e. The normalized spacial score (nSPS) is 13.4. The van der Waals surface area contributed by atoms with Gasteiger partial charge < -0.3 is 10.6 Å². The van der Waals surface area contributed by atoms with Crippen LogP contribution in [-0.4, -0.2) is 31.8 Å². The van der Waals surface area contributed by atoms with E-state index in [9.17, 15) is 18.0 Å². The van der Waals surface area contributed by atoms with E-state index in [1.54, 1.807) is 60.1 Å². The lowest BCUT2D eigenvalue weighted by Gasteiger charge is -2.30. The van der Waals surface area contributed by atoms with Gasteiger partial charge in [0.05, 0.1) is 17.9 Å². The number of thiophene rings is 1. The van der Waals surface area contributed by atoms with Crippen LogP contribution in [0.4, 0.5) is 11.4 Å². The molecule has 0 saturated heterocycles. The number of nitrogens with zero attached hydrogens (tertiary/aromatic N) is 2. The molecule has 2 amide bonds. The molecule has 10 heteroatoms. The molecular weight excluding hydrogens is 436 g/mol. The number of benzene rings is 1. The zero-order chi connectivity index (χ0) is 21.8. The first-order chi connectivity index (χ1) is 14.9. The molecule has 0 saturated carbocycles. The Labute approximate surface area is 184 Å². The number of sulfonamides is 1. The third-order valence-corrected chi connectivity index (χ3v) is 8.01. The van der Waals surface area contributed by atoms with Crippen molar-refractivity contribution >= 4 is 44.5 Å². The third kappa shape index (κ3) is 4.59. The molecule has 0 unspecified atom stereocenters. The Bertz CT molecular complexity index is 1200. The summed E-state index contributed by atoms with van der Waals surface area (Å²) < 4.78 is 27.7. The Morgan fingerprint density at radius 2 is 1.97 bits per heavy atom. The van der Waals surface area contributed by atoms with Crippen molar-refractivity contribution in [3.05, 3.63) is 71.4 Å². The maximum absolute atomic E-state index is 13.1.